The fourth-order valence-electron chi connectivity index (χ4n) is 4.46. The molecule has 164 valence electrons. The summed E-state index contributed by atoms with van der Waals surface area (Å²) >= 11 is 0. The fourth-order valence-corrected chi connectivity index (χ4v) is 4.46. The molecule has 0 spiro atoms. The number of anilines is 1. The molecule has 4 nitrogen and oxygen atoms in total. The molecular weight excluding hydrogens is 398 g/mol. The monoisotopic (exact) mass is 426 g/mol. The first kappa shape index (κ1) is 21.3. The van der Waals surface area contributed by atoms with Gasteiger partial charge in [-0.25, -0.2) is 8.78 Å². The van der Waals surface area contributed by atoms with E-state index in [1.807, 2.05) is 32.9 Å². The van der Waals surface area contributed by atoms with Crippen molar-refractivity contribution in [2.45, 2.75) is 59.1 Å². The highest BCUT2D eigenvalue weighted by molar-refractivity contribution is 5.95. The normalized spacial score (nSPS) is 20.3. The third-order valence-corrected chi connectivity index (χ3v) is 6.04. The molecule has 2 N–H and O–H groups in total. The van der Waals surface area contributed by atoms with Gasteiger partial charge in [-0.15, -0.1) is 0 Å². The predicted octanol–water partition coefficient (Wildman–Crippen LogP) is 6.38. The lowest BCUT2D eigenvalue weighted by Crippen LogP contribution is -2.53. The van der Waals surface area contributed by atoms with Crippen LogP contribution in [0.25, 0.3) is 22.0 Å². The number of nitrogens with one attached hydrogen (secondary N) is 2. The number of H-pyrrole nitrogens is 1. The molecule has 1 aliphatic rings. The molecule has 2 aromatic carbocycles. The molecule has 2 heterocycles. The number of rotatable bonds is 2. The number of carbonyl (C=O) groups excluding carboxylic acids is 1. The summed E-state index contributed by atoms with van der Waals surface area (Å²) in [5, 5.41) is 4.07. The van der Waals surface area contributed by atoms with Crippen LogP contribution in [0.2, 0.25) is 0 Å². The Morgan fingerprint density at radius 3 is 2.55 bits per heavy atom. The third-order valence-electron chi connectivity index (χ3n) is 6.04. The first-order chi connectivity index (χ1) is 14.4. The van der Waals surface area contributed by atoms with Gasteiger partial charge in [0.1, 0.15) is 17.7 Å². The number of carbonyl (C=O) groups is 1. The maximum atomic E-state index is 15.9. The van der Waals surface area contributed by atoms with Crippen LogP contribution < -0.4 is 5.32 Å². The molecule has 2 atom stereocenters. The van der Waals surface area contributed by atoms with Gasteiger partial charge in [0.15, 0.2) is 0 Å². The lowest BCUT2D eigenvalue weighted by atomic mass is 9.77. The van der Waals surface area contributed by atoms with E-state index in [2.05, 4.69) is 10.3 Å². The first-order valence-electron chi connectivity index (χ1n) is 10.5. The molecule has 2 unspecified atom stereocenters. The Morgan fingerprint density at radius 2 is 1.87 bits per heavy atom. The van der Waals surface area contributed by atoms with Gasteiger partial charge in [-0.2, -0.15) is 0 Å². The summed E-state index contributed by atoms with van der Waals surface area (Å²) in [6.07, 6.45) is 1.12. The van der Waals surface area contributed by atoms with Gasteiger partial charge in [-0.1, -0.05) is 25.1 Å². The zero-order valence-corrected chi connectivity index (χ0v) is 18.7. The van der Waals surface area contributed by atoms with Crippen LogP contribution in [0.4, 0.5) is 14.5 Å². The van der Waals surface area contributed by atoms with E-state index in [-0.39, 0.29) is 11.5 Å². The largest absolute Gasteiger partial charge is 0.459 e. The van der Waals surface area contributed by atoms with Gasteiger partial charge in [0.2, 0.25) is 0 Å². The van der Waals surface area contributed by atoms with Crippen molar-refractivity contribution in [1.82, 2.24) is 4.98 Å². The van der Waals surface area contributed by atoms with Crippen LogP contribution in [0.15, 0.2) is 36.5 Å². The Hall–Kier alpha value is -2.89. The van der Waals surface area contributed by atoms with Crippen LogP contribution in [-0.4, -0.2) is 22.6 Å². The van der Waals surface area contributed by atoms with E-state index in [1.165, 1.54) is 6.07 Å². The number of aromatic nitrogens is 1. The maximum Gasteiger partial charge on any atom is 0.311 e. The zero-order chi connectivity index (χ0) is 22.7. The second-order valence-electron chi connectivity index (χ2n) is 9.97. The summed E-state index contributed by atoms with van der Waals surface area (Å²) < 4.78 is 37.0. The van der Waals surface area contributed by atoms with E-state index < -0.39 is 34.6 Å². The molecule has 0 aliphatic carbocycles. The predicted molar refractivity (Wildman–Crippen MR) is 119 cm³/mol. The van der Waals surface area contributed by atoms with Gasteiger partial charge in [-0.05, 0) is 52.1 Å². The minimum Gasteiger partial charge on any atom is -0.459 e. The molecule has 0 fully saturated rings. The Kier molecular flexibility index (Phi) is 4.87. The van der Waals surface area contributed by atoms with Crippen molar-refractivity contribution in [2.75, 3.05) is 5.32 Å². The van der Waals surface area contributed by atoms with E-state index in [1.54, 1.807) is 39.1 Å². The topological polar surface area (TPSA) is 54.1 Å². The number of hydrogen-bond acceptors (Lipinski definition) is 3. The smallest absolute Gasteiger partial charge is 0.311 e. The lowest BCUT2D eigenvalue weighted by Gasteiger charge is -2.45. The van der Waals surface area contributed by atoms with Crippen molar-refractivity contribution in [2.24, 2.45) is 5.41 Å². The van der Waals surface area contributed by atoms with E-state index in [0.29, 0.717) is 22.3 Å². The Morgan fingerprint density at radius 1 is 1.16 bits per heavy atom. The van der Waals surface area contributed by atoms with Crippen molar-refractivity contribution in [3.63, 3.8) is 0 Å². The summed E-state index contributed by atoms with van der Waals surface area (Å²) in [5.41, 5.74) is 0.372. The first-order valence-corrected chi connectivity index (χ1v) is 10.5. The van der Waals surface area contributed by atoms with Crippen LogP contribution >= 0.6 is 0 Å². The second kappa shape index (κ2) is 7.08. The highest BCUT2D eigenvalue weighted by Crippen LogP contribution is 2.46. The van der Waals surface area contributed by atoms with Gasteiger partial charge in [0.25, 0.3) is 0 Å². The van der Waals surface area contributed by atoms with Gasteiger partial charge < -0.3 is 15.0 Å². The molecule has 0 saturated carbocycles. The number of halogens is 2. The highest BCUT2D eigenvalue weighted by atomic mass is 19.1. The molecule has 6 heteroatoms. The molecule has 0 radical (unpaired) electrons. The summed E-state index contributed by atoms with van der Waals surface area (Å²) in [5.74, 6) is -2.11. The van der Waals surface area contributed by atoms with E-state index in [0.717, 1.165) is 5.39 Å². The number of esters is 1. The van der Waals surface area contributed by atoms with E-state index in [4.69, 9.17) is 4.74 Å². The second-order valence-corrected chi connectivity index (χ2v) is 9.97. The van der Waals surface area contributed by atoms with Gasteiger partial charge in [-0.3, -0.25) is 4.79 Å². The highest BCUT2D eigenvalue weighted by Gasteiger charge is 2.45. The molecule has 0 amide bonds. The number of para-hydroxylation sites is 1. The maximum absolute atomic E-state index is 15.9. The van der Waals surface area contributed by atoms with Crippen LogP contribution in [0.3, 0.4) is 0 Å². The van der Waals surface area contributed by atoms with Crippen molar-refractivity contribution < 1.29 is 18.3 Å². The zero-order valence-electron chi connectivity index (χ0n) is 18.7. The molecule has 4 rings (SSSR count). The van der Waals surface area contributed by atoms with Crippen molar-refractivity contribution in [1.29, 1.82) is 0 Å². The van der Waals surface area contributed by atoms with Crippen molar-refractivity contribution in [3.8, 4) is 11.1 Å². The summed E-state index contributed by atoms with van der Waals surface area (Å²) in [6, 6.07) is 8.58. The quantitative estimate of drug-likeness (QED) is 0.468. The average Bonchev–Trinajstić information content (AvgIpc) is 3.12. The number of ether oxygens (including phenoxy) is 1. The minimum absolute atomic E-state index is 0.0824. The van der Waals surface area contributed by atoms with Crippen LogP contribution in [0, 0.1) is 17.0 Å². The average molecular weight is 427 g/mol. The summed E-state index contributed by atoms with van der Waals surface area (Å²) in [4.78, 5) is 15.7. The molecule has 1 aliphatic heterocycles. The van der Waals surface area contributed by atoms with Crippen molar-refractivity contribution >= 4 is 22.6 Å². The van der Waals surface area contributed by atoms with Gasteiger partial charge >= 0.3 is 5.97 Å². The standard InChI is InChI=1S/C25H28F2N2O2/c1-13-18-17(29-25(5,6)22(13)31-23(30)24(2,3)4)12-16(26)19(20(18)27)15-9-7-8-14-10-11-28-21(14)15/h7-13,22,28-29H,1-6H3. The number of aromatic amines is 1. The number of fused-ring (bicyclic) bond motifs is 2. The van der Waals surface area contributed by atoms with Gasteiger partial charge in [0.05, 0.1) is 22.0 Å². The van der Waals surface area contributed by atoms with E-state index >= 15 is 8.78 Å². The van der Waals surface area contributed by atoms with Crippen LogP contribution in [0.1, 0.15) is 53.0 Å². The molecule has 31 heavy (non-hydrogen) atoms. The lowest BCUT2D eigenvalue weighted by molar-refractivity contribution is -0.162. The third kappa shape index (κ3) is 3.48. The van der Waals surface area contributed by atoms with Gasteiger partial charge in [0, 0.05) is 28.9 Å². The van der Waals surface area contributed by atoms with Crippen LogP contribution in [-0.2, 0) is 9.53 Å². The number of benzene rings is 2. The van der Waals surface area contributed by atoms with E-state index in [9.17, 15) is 4.79 Å². The Bertz CT molecular complexity index is 1170. The molecule has 1 aromatic heterocycles. The molecular formula is C25H28F2N2O2. The SMILES string of the molecule is CC1c2c(cc(F)c(-c3cccc4cc[nH]c34)c2F)NC(C)(C)C1OC(=O)C(C)(C)C. The number of hydrogen-bond donors (Lipinski definition) is 2. The molecule has 0 bridgehead atoms. The Balaban J connectivity index is 1.86. The fraction of sp³-hybridized carbons (Fsp3) is 0.400. The van der Waals surface area contributed by atoms with Crippen molar-refractivity contribution in [3.05, 3.63) is 53.7 Å². The Labute approximate surface area is 181 Å². The molecule has 3 aromatic rings. The van der Waals surface area contributed by atoms with Crippen LogP contribution in [0.5, 0.6) is 0 Å². The summed E-state index contributed by atoms with van der Waals surface area (Å²) in [7, 11) is 0. The molecule has 0 saturated heterocycles. The summed E-state index contributed by atoms with van der Waals surface area (Å²) in [6.45, 7) is 10.9. The minimum atomic E-state index is -0.701.